The maximum Gasteiger partial charge on any atom is 0.334 e. The highest BCUT2D eigenvalue weighted by atomic mass is 32.2. The van der Waals surface area contributed by atoms with Crippen LogP contribution in [0, 0.1) is 0 Å². The predicted molar refractivity (Wildman–Crippen MR) is 62.5 cm³/mol. The van der Waals surface area contributed by atoms with E-state index in [-0.39, 0.29) is 18.8 Å². The summed E-state index contributed by atoms with van der Waals surface area (Å²) in [5.74, 6) is -1.74. The van der Waals surface area contributed by atoms with Gasteiger partial charge in [0, 0.05) is 13.1 Å². The second kappa shape index (κ2) is 7.84. The molecule has 0 fully saturated rings. The Morgan fingerprint density at radius 2 is 1.89 bits per heavy atom. The first-order valence-corrected chi connectivity index (χ1v) is 6.83. The minimum Gasteiger partial charge on any atom is -0.479 e. The van der Waals surface area contributed by atoms with E-state index in [4.69, 9.17) is 10.2 Å². The summed E-state index contributed by atoms with van der Waals surface area (Å²) in [4.78, 5) is 21.3. The zero-order chi connectivity index (χ0) is 14.2. The van der Waals surface area contributed by atoms with Crippen LogP contribution in [0.15, 0.2) is 0 Å². The first-order valence-electron chi connectivity index (χ1n) is 5.18. The smallest absolute Gasteiger partial charge is 0.334 e. The normalized spacial score (nSPS) is 12.8. The molecule has 0 saturated carbocycles. The fourth-order valence-corrected chi connectivity index (χ4v) is 1.89. The summed E-state index contributed by atoms with van der Waals surface area (Å²) in [7, 11) is -3.41. The molecule has 0 spiro atoms. The molecule has 18 heavy (non-hydrogen) atoms. The second-order valence-corrected chi connectivity index (χ2v) is 5.23. The van der Waals surface area contributed by atoms with Gasteiger partial charge in [-0.2, -0.15) is 0 Å². The molecule has 9 nitrogen and oxygen atoms in total. The molecular weight excluding hydrogens is 266 g/mol. The topological polar surface area (TPSA) is 145 Å². The number of nitrogens with one attached hydrogen (secondary N) is 3. The van der Waals surface area contributed by atoms with Crippen molar-refractivity contribution in [2.24, 2.45) is 0 Å². The summed E-state index contributed by atoms with van der Waals surface area (Å²) in [6.07, 6.45) is -1.69. The maximum atomic E-state index is 11.2. The second-order valence-electron chi connectivity index (χ2n) is 3.31. The molecule has 1 unspecified atom stereocenters. The summed E-state index contributed by atoms with van der Waals surface area (Å²) < 4.78 is 24.6. The largest absolute Gasteiger partial charge is 0.479 e. The molecule has 0 radical (unpaired) electrons. The molecule has 0 bridgehead atoms. The molecule has 0 aliphatic rings. The van der Waals surface area contributed by atoms with Crippen LogP contribution in [-0.4, -0.2) is 62.1 Å². The maximum absolute atomic E-state index is 11.2. The average molecular weight is 283 g/mol. The summed E-state index contributed by atoms with van der Waals surface area (Å²) in [6, 6.07) is -0.748. The van der Waals surface area contributed by atoms with Crippen molar-refractivity contribution in [1.29, 1.82) is 0 Å². The minimum atomic E-state index is -3.41. The van der Waals surface area contributed by atoms with Gasteiger partial charge in [0.1, 0.15) is 0 Å². The van der Waals surface area contributed by atoms with E-state index in [1.165, 1.54) is 0 Å². The van der Waals surface area contributed by atoms with E-state index in [0.29, 0.717) is 0 Å². The molecular formula is C8H17N3O6S. The lowest BCUT2D eigenvalue weighted by molar-refractivity contribution is -0.146. The van der Waals surface area contributed by atoms with Crippen molar-refractivity contribution in [3.63, 3.8) is 0 Å². The monoisotopic (exact) mass is 283 g/mol. The molecule has 106 valence electrons. The number of aliphatic carboxylic acids is 1. The van der Waals surface area contributed by atoms with Gasteiger partial charge in [-0.1, -0.05) is 6.92 Å². The van der Waals surface area contributed by atoms with Gasteiger partial charge in [0.2, 0.25) is 10.0 Å². The minimum absolute atomic E-state index is 0.121. The molecule has 0 aromatic heterocycles. The van der Waals surface area contributed by atoms with Crippen molar-refractivity contribution < 1.29 is 28.2 Å². The Balaban J connectivity index is 3.82. The van der Waals surface area contributed by atoms with Gasteiger partial charge in [-0.25, -0.2) is 22.7 Å². The van der Waals surface area contributed by atoms with Gasteiger partial charge in [-0.05, 0) is 0 Å². The van der Waals surface area contributed by atoms with Crippen LogP contribution in [0.3, 0.4) is 0 Å². The lowest BCUT2D eigenvalue weighted by atomic mass is 10.4. The van der Waals surface area contributed by atoms with E-state index in [9.17, 15) is 18.0 Å². The van der Waals surface area contributed by atoms with Gasteiger partial charge in [-0.15, -0.1) is 0 Å². The Morgan fingerprint density at radius 3 is 2.39 bits per heavy atom. The first-order chi connectivity index (χ1) is 8.28. The van der Waals surface area contributed by atoms with Crippen LogP contribution in [0.25, 0.3) is 0 Å². The van der Waals surface area contributed by atoms with Crippen LogP contribution in [-0.2, 0) is 14.8 Å². The van der Waals surface area contributed by atoms with E-state index in [1.807, 2.05) is 0 Å². The molecule has 5 N–H and O–H groups in total. The summed E-state index contributed by atoms with van der Waals surface area (Å²) >= 11 is 0. The van der Waals surface area contributed by atoms with Gasteiger partial charge >= 0.3 is 12.0 Å². The Labute approximate surface area is 105 Å². The highest BCUT2D eigenvalue weighted by molar-refractivity contribution is 7.89. The number of aliphatic hydroxyl groups is 1. The van der Waals surface area contributed by atoms with Crippen LogP contribution < -0.4 is 15.4 Å². The predicted octanol–water partition coefficient (Wildman–Crippen LogP) is -2.33. The fraction of sp³-hybridized carbons (Fsp3) is 0.750. The number of carboxylic acids is 1. The van der Waals surface area contributed by atoms with E-state index in [2.05, 4.69) is 15.4 Å². The van der Waals surface area contributed by atoms with Gasteiger partial charge in [0.05, 0.1) is 12.3 Å². The Bertz CT molecular complexity index is 382. The molecule has 0 heterocycles. The van der Waals surface area contributed by atoms with Gasteiger partial charge < -0.3 is 20.8 Å². The number of sulfonamides is 1. The van der Waals surface area contributed by atoms with Gasteiger partial charge in [-0.3, -0.25) is 0 Å². The first kappa shape index (κ1) is 16.6. The Morgan fingerprint density at radius 1 is 1.28 bits per heavy atom. The summed E-state index contributed by atoms with van der Waals surface area (Å²) in [6.45, 7) is 1.32. The molecule has 1 atom stereocenters. The molecule has 0 saturated heterocycles. The molecule has 0 aromatic rings. The van der Waals surface area contributed by atoms with E-state index in [0.717, 1.165) is 0 Å². The number of urea groups is 1. The van der Waals surface area contributed by atoms with Crippen LogP contribution >= 0.6 is 0 Å². The number of carbonyl (C=O) groups excluding carboxylic acids is 1. The third-order valence-electron chi connectivity index (χ3n) is 1.76. The number of carboxylic acid groups (broad SMARTS) is 1. The van der Waals surface area contributed by atoms with Crippen LogP contribution in [0.2, 0.25) is 0 Å². The fourth-order valence-electron chi connectivity index (χ4n) is 0.930. The number of rotatable bonds is 8. The van der Waals surface area contributed by atoms with E-state index >= 15 is 0 Å². The number of aliphatic hydroxyl groups excluding tert-OH is 1. The van der Waals surface area contributed by atoms with Crippen molar-refractivity contribution in [1.82, 2.24) is 15.4 Å². The lowest BCUT2D eigenvalue weighted by Gasteiger charge is -2.09. The molecule has 10 heteroatoms. The Kier molecular flexibility index (Phi) is 7.24. The number of carbonyl (C=O) groups is 2. The van der Waals surface area contributed by atoms with Gasteiger partial charge in [0.15, 0.2) is 6.10 Å². The van der Waals surface area contributed by atoms with E-state index in [1.54, 1.807) is 6.92 Å². The highest BCUT2D eigenvalue weighted by Gasteiger charge is 2.14. The molecule has 0 aliphatic carbocycles. The molecule has 0 rings (SSSR count). The molecule has 0 aromatic carbocycles. The zero-order valence-electron chi connectivity index (χ0n) is 9.84. The van der Waals surface area contributed by atoms with Crippen molar-refractivity contribution in [3.05, 3.63) is 0 Å². The standard InChI is InChI=1S/C8H17N3O6S/c1-2-11-18(16,17)4-3-9-8(15)10-5-6(12)7(13)14/h6,11-12H,2-5H2,1H3,(H,13,14)(H2,9,10,15). The SMILES string of the molecule is CCNS(=O)(=O)CCNC(=O)NCC(O)C(=O)O. The third kappa shape index (κ3) is 7.81. The van der Waals surface area contributed by atoms with Crippen LogP contribution in [0.1, 0.15) is 6.92 Å². The summed E-state index contributed by atoms with van der Waals surface area (Å²) in [5.41, 5.74) is 0. The van der Waals surface area contributed by atoms with Crippen LogP contribution in [0.4, 0.5) is 4.79 Å². The van der Waals surface area contributed by atoms with Gasteiger partial charge in [0.25, 0.3) is 0 Å². The number of amides is 2. The molecule has 0 aliphatic heterocycles. The number of hydrogen-bond donors (Lipinski definition) is 5. The average Bonchev–Trinajstić information content (AvgIpc) is 2.25. The summed E-state index contributed by atoms with van der Waals surface area (Å²) in [5, 5.41) is 21.5. The van der Waals surface area contributed by atoms with Crippen molar-refractivity contribution in [2.45, 2.75) is 13.0 Å². The lowest BCUT2D eigenvalue weighted by Crippen LogP contribution is -2.44. The molecule has 2 amide bonds. The van der Waals surface area contributed by atoms with Crippen LogP contribution in [0.5, 0.6) is 0 Å². The van der Waals surface area contributed by atoms with Crippen molar-refractivity contribution in [3.8, 4) is 0 Å². The highest BCUT2D eigenvalue weighted by Crippen LogP contribution is 1.82. The number of hydrogen-bond acceptors (Lipinski definition) is 5. The quantitative estimate of drug-likeness (QED) is 0.338. The Hall–Kier alpha value is -1.39. The zero-order valence-corrected chi connectivity index (χ0v) is 10.7. The van der Waals surface area contributed by atoms with E-state index < -0.39 is 34.7 Å². The third-order valence-corrected chi connectivity index (χ3v) is 3.23. The van der Waals surface area contributed by atoms with Crippen molar-refractivity contribution in [2.75, 3.05) is 25.4 Å². The van der Waals surface area contributed by atoms with Crippen molar-refractivity contribution >= 4 is 22.0 Å².